The number of benzene rings is 2. The molecule has 0 aliphatic heterocycles. The van der Waals surface area contributed by atoms with Crippen LogP contribution in [0.1, 0.15) is 5.69 Å². The van der Waals surface area contributed by atoms with Crippen LogP contribution >= 0.6 is 0 Å². The van der Waals surface area contributed by atoms with E-state index in [1.807, 2.05) is 30.3 Å². The number of non-ortho nitro benzene ring substituents is 1. The van der Waals surface area contributed by atoms with Crippen LogP contribution in [0.4, 0.5) is 5.69 Å². The fourth-order valence-corrected chi connectivity index (χ4v) is 2.24. The quantitative estimate of drug-likeness (QED) is 0.534. The summed E-state index contributed by atoms with van der Waals surface area (Å²) in [5, 5.41) is 10.9. The predicted octanol–water partition coefficient (Wildman–Crippen LogP) is 2.60. The SMILES string of the molecule is Cc1nc2cc([N+](=O)[O-])ccc2n(-c2ccccc2)c1=O. The first-order chi connectivity index (χ1) is 10.1. The molecule has 0 saturated heterocycles. The Hall–Kier alpha value is -3.02. The predicted molar refractivity (Wildman–Crippen MR) is 78.7 cm³/mol. The third-order valence-electron chi connectivity index (χ3n) is 3.23. The number of fused-ring (bicyclic) bond motifs is 1. The number of nitro groups is 1. The van der Waals surface area contributed by atoms with Crippen LogP contribution in [-0.4, -0.2) is 14.5 Å². The summed E-state index contributed by atoms with van der Waals surface area (Å²) in [5.41, 5.74) is 1.68. The van der Waals surface area contributed by atoms with Gasteiger partial charge in [0.05, 0.1) is 16.0 Å². The molecule has 0 aliphatic rings. The van der Waals surface area contributed by atoms with Gasteiger partial charge < -0.3 is 0 Å². The average molecular weight is 281 g/mol. The van der Waals surface area contributed by atoms with E-state index < -0.39 is 4.92 Å². The van der Waals surface area contributed by atoms with E-state index in [4.69, 9.17) is 0 Å². The summed E-state index contributed by atoms with van der Waals surface area (Å²) in [4.78, 5) is 26.9. The van der Waals surface area contributed by atoms with Gasteiger partial charge in [-0.2, -0.15) is 0 Å². The first-order valence-corrected chi connectivity index (χ1v) is 6.31. The molecule has 3 rings (SSSR count). The lowest BCUT2D eigenvalue weighted by Crippen LogP contribution is -2.22. The molecule has 0 bridgehead atoms. The molecule has 0 atom stereocenters. The summed E-state index contributed by atoms with van der Waals surface area (Å²) < 4.78 is 1.52. The maximum absolute atomic E-state index is 12.4. The minimum absolute atomic E-state index is 0.0485. The summed E-state index contributed by atoms with van der Waals surface area (Å²) in [5.74, 6) is 0. The standard InChI is InChI=1S/C15H11N3O3/c1-10-15(19)17(11-5-3-2-4-6-11)14-8-7-12(18(20)21)9-13(14)16-10/h2-9H,1H3. The number of aromatic nitrogens is 2. The topological polar surface area (TPSA) is 78.0 Å². The van der Waals surface area contributed by atoms with Gasteiger partial charge in [-0.05, 0) is 25.1 Å². The Morgan fingerprint density at radius 3 is 2.52 bits per heavy atom. The molecule has 0 aliphatic carbocycles. The second kappa shape index (κ2) is 4.82. The molecule has 6 nitrogen and oxygen atoms in total. The van der Waals surface area contributed by atoms with Crippen LogP contribution in [0.15, 0.2) is 53.3 Å². The monoisotopic (exact) mass is 281 g/mol. The van der Waals surface area contributed by atoms with Crippen molar-refractivity contribution in [3.05, 3.63) is 74.7 Å². The van der Waals surface area contributed by atoms with Crippen LogP contribution in [0.2, 0.25) is 0 Å². The molecular weight excluding hydrogens is 270 g/mol. The lowest BCUT2D eigenvalue weighted by molar-refractivity contribution is -0.384. The first-order valence-electron chi connectivity index (χ1n) is 6.31. The number of nitro benzene ring substituents is 1. The summed E-state index contributed by atoms with van der Waals surface area (Å²) in [6.07, 6.45) is 0. The van der Waals surface area contributed by atoms with Crippen molar-refractivity contribution in [3.63, 3.8) is 0 Å². The molecule has 3 aromatic rings. The molecule has 6 heteroatoms. The summed E-state index contributed by atoms with van der Waals surface area (Å²) in [6.45, 7) is 1.60. The van der Waals surface area contributed by atoms with Crippen molar-refractivity contribution in [2.24, 2.45) is 0 Å². The van der Waals surface area contributed by atoms with E-state index in [0.717, 1.165) is 0 Å². The Labute approximate surface area is 119 Å². The van der Waals surface area contributed by atoms with Gasteiger partial charge in [-0.1, -0.05) is 18.2 Å². The van der Waals surface area contributed by atoms with Gasteiger partial charge in [0.2, 0.25) is 0 Å². The number of aryl methyl sites for hydroxylation is 1. The van der Waals surface area contributed by atoms with Crippen molar-refractivity contribution < 1.29 is 4.92 Å². The Kier molecular flexibility index (Phi) is 2.98. The van der Waals surface area contributed by atoms with Crippen LogP contribution in [0, 0.1) is 17.0 Å². The van der Waals surface area contributed by atoms with Gasteiger partial charge in [-0.3, -0.25) is 19.5 Å². The number of hydrogen-bond donors (Lipinski definition) is 0. The molecular formula is C15H11N3O3. The molecule has 0 saturated carbocycles. The van der Waals surface area contributed by atoms with Gasteiger partial charge >= 0.3 is 0 Å². The molecule has 0 spiro atoms. The van der Waals surface area contributed by atoms with Crippen molar-refractivity contribution in [3.8, 4) is 5.69 Å². The molecule has 104 valence electrons. The van der Waals surface area contributed by atoms with Crippen molar-refractivity contribution in [2.75, 3.05) is 0 Å². The average Bonchev–Trinajstić information content (AvgIpc) is 2.49. The van der Waals surface area contributed by atoms with Gasteiger partial charge in [0.1, 0.15) is 5.69 Å². The second-order valence-electron chi connectivity index (χ2n) is 4.60. The first kappa shape index (κ1) is 13.0. The molecule has 0 N–H and O–H groups in total. The smallest absolute Gasteiger partial charge is 0.274 e. The molecule has 1 aromatic heterocycles. The van der Waals surface area contributed by atoms with E-state index in [0.29, 0.717) is 22.4 Å². The Balaban J connectivity index is 2.40. The van der Waals surface area contributed by atoms with Crippen molar-refractivity contribution in [2.45, 2.75) is 6.92 Å². The van der Waals surface area contributed by atoms with E-state index in [-0.39, 0.29) is 11.2 Å². The molecule has 21 heavy (non-hydrogen) atoms. The Morgan fingerprint density at radius 1 is 1.14 bits per heavy atom. The van der Waals surface area contributed by atoms with Crippen LogP contribution in [0.3, 0.4) is 0 Å². The molecule has 1 heterocycles. The van der Waals surface area contributed by atoms with Crippen molar-refractivity contribution in [1.29, 1.82) is 0 Å². The Bertz CT molecular complexity index is 901. The fourth-order valence-electron chi connectivity index (χ4n) is 2.24. The molecule has 0 unspecified atom stereocenters. The molecule has 0 amide bonds. The highest BCUT2D eigenvalue weighted by atomic mass is 16.6. The van der Waals surface area contributed by atoms with Gasteiger partial charge in [-0.15, -0.1) is 0 Å². The van der Waals surface area contributed by atoms with E-state index in [2.05, 4.69) is 4.98 Å². The zero-order valence-electron chi connectivity index (χ0n) is 11.2. The van der Waals surface area contributed by atoms with Crippen molar-refractivity contribution >= 4 is 16.7 Å². The van der Waals surface area contributed by atoms with Crippen LogP contribution < -0.4 is 5.56 Å². The van der Waals surface area contributed by atoms with E-state index >= 15 is 0 Å². The lowest BCUT2D eigenvalue weighted by Gasteiger charge is -2.10. The maximum Gasteiger partial charge on any atom is 0.277 e. The number of nitrogens with zero attached hydrogens (tertiary/aromatic N) is 3. The summed E-state index contributed by atoms with van der Waals surface area (Å²) in [7, 11) is 0. The maximum atomic E-state index is 12.4. The highest BCUT2D eigenvalue weighted by Gasteiger charge is 2.13. The third-order valence-corrected chi connectivity index (χ3v) is 3.23. The van der Waals surface area contributed by atoms with E-state index in [1.165, 1.54) is 16.7 Å². The zero-order chi connectivity index (χ0) is 15.0. The normalized spacial score (nSPS) is 10.7. The summed E-state index contributed by atoms with van der Waals surface area (Å²) in [6, 6.07) is 13.4. The fraction of sp³-hybridized carbons (Fsp3) is 0.0667. The van der Waals surface area contributed by atoms with Crippen LogP contribution in [0.25, 0.3) is 16.7 Å². The van der Waals surface area contributed by atoms with Crippen molar-refractivity contribution in [1.82, 2.24) is 9.55 Å². The Morgan fingerprint density at radius 2 is 1.86 bits per heavy atom. The minimum Gasteiger partial charge on any atom is -0.274 e. The number of para-hydroxylation sites is 1. The largest absolute Gasteiger partial charge is 0.277 e. The molecule has 0 radical (unpaired) electrons. The summed E-state index contributed by atoms with van der Waals surface area (Å²) >= 11 is 0. The second-order valence-corrected chi connectivity index (χ2v) is 4.60. The molecule has 0 fully saturated rings. The van der Waals surface area contributed by atoms with Crippen LogP contribution in [-0.2, 0) is 0 Å². The van der Waals surface area contributed by atoms with Gasteiger partial charge in [-0.25, -0.2) is 4.98 Å². The van der Waals surface area contributed by atoms with Gasteiger partial charge in [0.15, 0.2) is 0 Å². The number of rotatable bonds is 2. The van der Waals surface area contributed by atoms with E-state index in [9.17, 15) is 14.9 Å². The zero-order valence-corrected chi connectivity index (χ0v) is 11.2. The van der Waals surface area contributed by atoms with Crippen LogP contribution in [0.5, 0.6) is 0 Å². The van der Waals surface area contributed by atoms with Gasteiger partial charge in [0, 0.05) is 17.8 Å². The molecule has 2 aromatic carbocycles. The number of hydrogen-bond acceptors (Lipinski definition) is 4. The highest BCUT2D eigenvalue weighted by Crippen LogP contribution is 2.20. The third kappa shape index (κ3) is 2.16. The van der Waals surface area contributed by atoms with E-state index in [1.54, 1.807) is 13.0 Å². The highest BCUT2D eigenvalue weighted by molar-refractivity contribution is 5.79. The minimum atomic E-state index is -0.478. The van der Waals surface area contributed by atoms with Gasteiger partial charge in [0.25, 0.3) is 11.2 Å². The lowest BCUT2D eigenvalue weighted by atomic mass is 10.2.